The summed E-state index contributed by atoms with van der Waals surface area (Å²) in [5.74, 6) is 0.892. The van der Waals surface area contributed by atoms with Crippen molar-refractivity contribution < 1.29 is 32.2 Å². The number of aromatic nitrogens is 4. The van der Waals surface area contributed by atoms with Crippen molar-refractivity contribution in [1.29, 1.82) is 0 Å². The van der Waals surface area contributed by atoms with Gasteiger partial charge in [-0.25, -0.2) is 19.4 Å². The summed E-state index contributed by atoms with van der Waals surface area (Å²) in [6.07, 6.45) is -0.878. The number of nitrogens with one attached hydrogen (secondary N) is 2. The Hall–Kier alpha value is -3.59. The Morgan fingerprint density at radius 1 is 1.09 bits per heavy atom. The number of hydrogen-bond donors (Lipinski definition) is 2. The molecule has 2 N–H and O–H groups in total. The molecule has 1 unspecified atom stereocenters. The Labute approximate surface area is 319 Å². The molecule has 2 aliphatic rings. The monoisotopic (exact) mass is 771 g/mol. The molecule has 2 amide bonds. The maximum atomic E-state index is 13.4. The van der Waals surface area contributed by atoms with Crippen LogP contribution in [-0.4, -0.2) is 89.4 Å². The summed E-state index contributed by atoms with van der Waals surface area (Å²) in [4.78, 5) is 36.4. The van der Waals surface area contributed by atoms with Crippen LogP contribution in [-0.2, 0) is 4.74 Å². The number of pyridine rings is 2. The summed E-state index contributed by atoms with van der Waals surface area (Å²) >= 11 is 7.39. The van der Waals surface area contributed by atoms with Crippen molar-refractivity contribution >= 4 is 57.1 Å². The zero-order chi connectivity index (χ0) is 38.8. The van der Waals surface area contributed by atoms with Gasteiger partial charge in [0.15, 0.2) is 5.82 Å². The van der Waals surface area contributed by atoms with Crippen LogP contribution >= 0.6 is 23.5 Å². The van der Waals surface area contributed by atoms with Gasteiger partial charge >= 0.3 is 12.3 Å². The third-order valence-corrected chi connectivity index (χ3v) is 10.1. The molecular formula is C35H43B2ClF3N7O4S. The summed E-state index contributed by atoms with van der Waals surface area (Å²) in [6, 6.07) is 9.95. The first kappa shape index (κ1) is 40.6. The van der Waals surface area contributed by atoms with Crippen molar-refractivity contribution in [2.45, 2.75) is 101 Å². The first-order chi connectivity index (χ1) is 24.7. The van der Waals surface area contributed by atoms with Gasteiger partial charge in [-0.2, -0.15) is 13.2 Å². The second-order valence-electron chi connectivity index (χ2n) is 15.5. The van der Waals surface area contributed by atoms with E-state index in [1.54, 1.807) is 6.07 Å². The standard InChI is InChI=1S/C35H43B2ClF3N7O4S/c1-31(2,3)52-30(50)47-19-22(18-32(47,4)5)8-7-16-42-24-9-6-10-27(43-24)53-46-29(49)23-11-12-25(44-28(23)38)48-17-13-26(45-48)51-21-34(36,37)20-33(14-15-33)35(39,40)41/h6,9-13,17,22H,7-8,14-16,18-21H2,1-5H3,(H,42,43)(H,46,49). The van der Waals surface area contributed by atoms with E-state index in [0.29, 0.717) is 29.9 Å². The number of alkyl halides is 3. The topological polar surface area (TPSA) is 124 Å². The maximum absolute atomic E-state index is 13.4. The van der Waals surface area contributed by atoms with Crippen LogP contribution in [0.15, 0.2) is 47.6 Å². The first-order valence-electron chi connectivity index (χ1n) is 17.3. The van der Waals surface area contributed by atoms with Crippen LogP contribution in [0.2, 0.25) is 10.4 Å². The number of amides is 2. The van der Waals surface area contributed by atoms with Gasteiger partial charge in [0.25, 0.3) is 5.91 Å². The summed E-state index contributed by atoms with van der Waals surface area (Å²) in [7, 11) is 11.9. The second kappa shape index (κ2) is 15.6. The molecular weight excluding hydrogens is 729 g/mol. The number of ether oxygens (including phenoxy) is 2. The minimum atomic E-state index is -4.38. The van der Waals surface area contributed by atoms with Crippen molar-refractivity contribution in [3.05, 3.63) is 53.3 Å². The van der Waals surface area contributed by atoms with Crippen molar-refractivity contribution in [2.24, 2.45) is 11.3 Å². The van der Waals surface area contributed by atoms with E-state index in [-0.39, 0.29) is 53.5 Å². The molecule has 1 saturated heterocycles. The molecule has 53 heavy (non-hydrogen) atoms. The highest BCUT2D eigenvalue weighted by atomic mass is 35.5. The molecule has 4 radical (unpaired) electrons. The lowest BCUT2D eigenvalue weighted by molar-refractivity contribution is -0.190. The molecule has 0 aromatic carbocycles. The number of hydrogen-bond acceptors (Lipinski definition) is 9. The molecule has 4 heterocycles. The highest BCUT2D eigenvalue weighted by Crippen LogP contribution is 2.63. The number of halogens is 4. The Bertz CT molecular complexity index is 1790. The fourth-order valence-corrected chi connectivity index (χ4v) is 7.22. The smallest absolute Gasteiger partial charge is 0.410 e. The number of rotatable bonds is 14. The summed E-state index contributed by atoms with van der Waals surface area (Å²) < 4.78 is 55.2. The van der Waals surface area contributed by atoms with Gasteiger partial charge in [-0.3, -0.25) is 9.52 Å². The van der Waals surface area contributed by atoms with Crippen molar-refractivity contribution in [3.8, 4) is 11.7 Å². The minimum absolute atomic E-state index is 0.0107. The maximum Gasteiger partial charge on any atom is 0.410 e. The van der Waals surface area contributed by atoms with Gasteiger partial charge in [-0.05, 0) is 103 Å². The number of carbonyl (C=O) groups is 2. The number of likely N-dealkylation sites (tertiary alicyclic amines) is 1. The number of carbonyl (C=O) groups excluding carboxylic acids is 2. The van der Waals surface area contributed by atoms with E-state index in [1.807, 2.05) is 37.8 Å². The summed E-state index contributed by atoms with van der Waals surface area (Å²) in [5.41, 5.74) is -2.55. The average molecular weight is 772 g/mol. The molecule has 2 fully saturated rings. The number of nitrogens with zero attached hydrogens (tertiary/aromatic N) is 5. The Kier molecular flexibility index (Phi) is 12.0. The fourth-order valence-electron chi connectivity index (χ4n) is 6.38. The highest BCUT2D eigenvalue weighted by molar-refractivity contribution is 7.97. The third kappa shape index (κ3) is 10.8. The van der Waals surface area contributed by atoms with Crippen molar-refractivity contribution in [3.63, 3.8) is 0 Å². The lowest BCUT2D eigenvalue weighted by Crippen LogP contribution is -2.45. The summed E-state index contributed by atoms with van der Waals surface area (Å²) in [5, 5.41) is 6.33. The lowest BCUT2D eigenvalue weighted by Gasteiger charge is -2.33. The molecule has 1 atom stereocenters. The molecule has 1 aliphatic heterocycles. The Balaban J connectivity index is 1.06. The molecule has 3 aromatic rings. The van der Waals surface area contributed by atoms with E-state index < -0.39 is 34.7 Å². The van der Waals surface area contributed by atoms with E-state index in [9.17, 15) is 22.8 Å². The Morgan fingerprint density at radius 2 is 1.83 bits per heavy atom. The average Bonchev–Trinajstić information content (AvgIpc) is 3.55. The van der Waals surface area contributed by atoms with Gasteiger partial charge < -0.3 is 19.7 Å². The van der Waals surface area contributed by atoms with Gasteiger partial charge in [0.05, 0.1) is 33.3 Å². The number of anilines is 1. The van der Waals surface area contributed by atoms with Crippen LogP contribution in [0.25, 0.3) is 5.82 Å². The van der Waals surface area contributed by atoms with E-state index in [0.717, 1.165) is 31.2 Å². The first-order valence-corrected chi connectivity index (χ1v) is 18.5. The van der Waals surface area contributed by atoms with Gasteiger partial charge in [-0.15, -0.1) is 5.10 Å². The predicted molar refractivity (Wildman–Crippen MR) is 199 cm³/mol. The van der Waals surface area contributed by atoms with Crippen LogP contribution in [0.5, 0.6) is 5.88 Å². The zero-order valence-corrected chi connectivity index (χ0v) is 32.0. The molecule has 1 aliphatic carbocycles. The normalized spacial score (nSPS) is 18.1. The SMILES string of the molecule is [B]C([B])(COc1ccn(-c2ccc(C(=O)NSc3cccc(NCCCC4CN(C(=O)OC(C)(C)C)C(C)(C)C4)n3)c(Cl)n2)n1)CC1(C(F)(F)F)CC1. The van der Waals surface area contributed by atoms with Crippen LogP contribution < -0.4 is 14.8 Å². The molecule has 0 spiro atoms. The Morgan fingerprint density at radius 3 is 2.49 bits per heavy atom. The van der Waals surface area contributed by atoms with Crippen molar-refractivity contribution in [1.82, 2.24) is 29.4 Å². The van der Waals surface area contributed by atoms with Gasteiger partial charge in [0.1, 0.15) is 21.6 Å². The largest absolute Gasteiger partial charge is 0.478 e. The van der Waals surface area contributed by atoms with Crippen LogP contribution in [0.1, 0.15) is 83.5 Å². The molecule has 11 nitrogen and oxygen atoms in total. The quantitative estimate of drug-likeness (QED) is 0.0741. The molecule has 18 heteroatoms. The zero-order valence-electron chi connectivity index (χ0n) is 30.4. The van der Waals surface area contributed by atoms with Crippen molar-refractivity contribution in [2.75, 3.05) is 25.0 Å². The predicted octanol–water partition coefficient (Wildman–Crippen LogP) is 7.55. The van der Waals surface area contributed by atoms with E-state index >= 15 is 0 Å². The highest BCUT2D eigenvalue weighted by Gasteiger charge is 2.64. The molecule has 3 aromatic heterocycles. The third-order valence-electron chi connectivity index (χ3n) is 9.13. The molecule has 0 bridgehead atoms. The molecule has 282 valence electrons. The fraction of sp³-hybridized carbons (Fsp3) is 0.571. The molecule has 1 saturated carbocycles. The molecule has 5 rings (SSSR count). The van der Waals surface area contributed by atoms with Gasteiger partial charge in [-0.1, -0.05) is 22.9 Å². The van der Waals surface area contributed by atoms with Gasteiger partial charge in [0.2, 0.25) is 5.88 Å². The summed E-state index contributed by atoms with van der Waals surface area (Å²) in [6.45, 7) is 10.7. The van der Waals surface area contributed by atoms with Gasteiger partial charge in [0, 0.05) is 42.8 Å². The van der Waals surface area contributed by atoms with Crippen LogP contribution in [0.3, 0.4) is 0 Å². The van der Waals surface area contributed by atoms with Crippen LogP contribution in [0.4, 0.5) is 23.8 Å². The second-order valence-corrected chi connectivity index (χ2v) is 16.7. The van der Waals surface area contributed by atoms with Crippen LogP contribution in [0, 0.1) is 11.3 Å². The van der Waals surface area contributed by atoms with E-state index in [4.69, 9.17) is 36.8 Å². The van der Waals surface area contributed by atoms with E-state index in [2.05, 4.69) is 39.0 Å². The lowest BCUT2D eigenvalue weighted by atomic mass is 9.51. The minimum Gasteiger partial charge on any atom is -0.478 e. The van der Waals surface area contributed by atoms with E-state index in [1.165, 1.54) is 29.1 Å².